The van der Waals surface area contributed by atoms with Gasteiger partial charge in [-0.2, -0.15) is 5.10 Å². The highest BCUT2D eigenvalue weighted by atomic mass is 28.3. The van der Waals surface area contributed by atoms with E-state index >= 15 is 0 Å². The molecule has 0 aliphatic rings. The number of rotatable bonds is 8. The highest BCUT2D eigenvalue weighted by molar-refractivity contribution is 6.76. The van der Waals surface area contributed by atoms with E-state index in [9.17, 15) is 5.11 Å². The van der Waals surface area contributed by atoms with Crippen molar-refractivity contribution in [3.63, 3.8) is 0 Å². The third kappa shape index (κ3) is 6.01. The Morgan fingerprint density at radius 3 is 2.74 bits per heavy atom. The van der Waals surface area contributed by atoms with Gasteiger partial charge in [-0.3, -0.25) is 0 Å². The minimum Gasteiger partial charge on any atom is -0.508 e. The molecule has 126 valence electrons. The molecule has 2 rings (SSSR count). The van der Waals surface area contributed by atoms with Crippen LogP contribution in [0.15, 0.2) is 24.4 Å². The van der Waals surface area contributed by atoms with E-state index in [1.54, 1.807) is 10.7 Å². The summed E-state index contributed by atoms with van der Waals surface area (Å²) in [7, 11) is -1.08. The van der Waals surface area contributed by atoms with Crippen LogP contribution in [-0.2, 0) is 18.1 Å². The summed E-state index contributed by atoms with van der Waals surface area (Å²) in [6.07, 6.45) is 1.81. The molecule has 0 unspecified atom stereocenters. The molecule has 2 aromatic rings. The Balaban J connectivity index is 1.88. The maximum absolute atomic E-state index is 9.58. The summed E-state index contributed by atoms with van der Waals surface area (Å²) in [6, 6.07) is 5.81. The molecule has 2 aromatic heterocycles. The number of aliphatic hydroxyl groups excluding tert-OH is 1. The van der Waals surface area contributed by atoms with Gasteiger partial charge < -0.3 is 20.3 Å². The maximum Gasteiger partial charge on any atom is 0.153 e. The van der Waals surface area contributed by atoms with Gasteiger partial charge in [-0.05, 0) is 6.04 Å². The van der Waals surface area contributed by atoms with E-state index in [2.05, 4.69) is 35.0 Å². The lowest BCUT2D eigenvalue weighted by Crippen LogP contribution is -2.22. The second kappa shape index (κ2) is 7.58. The molecular weight excluding hydrogens is 312 g/mol. The zero-order chi connectivity index (χ0) is 16.9. The molecule has 2 heterocycles. The van der Waals surface area contributed by atoms with Crippen molar-refractivity contribution in [3.8, 4) is 5.75 Å². The Morgan fingerprint density at radius 2 is 2.04 bits per heavy atom. The zero-order valence-corrected chi connectivity index (χ0v) is 14.8. The summed E-state index contributed by atoms with van der Waals surface area (Å²) in [6.45, 7) is 7.86. The van der Waals surface area contributed by atoms with Gasteiger partial charge in [-0.25, -0.2) is 9.67 Å². The zero-order valence-electron chi connectivity index (χ0n) is 13.8. The molecule has 0 aliphatic carbocycles. The molecule has 0 atom stereocenters. The summed E-state index contributed by atoms with van der Waals surface area (Å²) in [5.74, 6) is 1.07. The maximum atomic E-state index is 9.58. The number of pyridine rings is 1. The van der Waals surface area contributed by atoms with Gasteiger partial charge in [0, 0.05) is 39.1 Å². The molecule has 23 heavy (non-hydrogen) atoms. The minimum absolute atomic E-state index is 0.0423. The SMILES string of the molecule is C[Si](C)(C)CCOCn1ccc(Nc2cc(O)cc(CO)n2)n1. The van der Waals surface area contributed by atoms with Gasteiger partial charge >= 0.3 is 0 Å². The molecule has 3 N–H and O–H groups in total. The first kappa shape index (κ1) is 17.5. The van der Waals surface area contributed by atoms with Crippen molar-refractivity contribution in [1.82, 2.24) is 14.8 Å². The van der Waals surface area contributed by atoms with E-state index < -0.39 is 8.07 Å². The van der Waals surface area contributed by atoms with Gasteiger partial charge in [-0.1, -0.05) is 19.6 Å². The lowest BCUT2D eigenvalue weighted by molar-refractivity contribution is 0.0788. The predicted molar refractivity (Wildman–Crippen MR) is 91.4 cm³/mol. The summed E-state index contributed by atoms with van der Waals surface area (Å²) in [5.41, 5.74) is 0.390. The van der Waals surface area contributed by atoms with Crippen molar-refractivity contribution in [2.75, 3.05) is 11.9 Å². The number of anilines is 2. The third-order valence-corrected chi connectivity index (χ3v) is 4.85. The number of hydrogen-bond donors (Lipinski definition) is 3. The summed E-state index contributed by atoms with van der Waals surface area (Å²) >= 11 is 0. The molecule has 0 spiro atoms. The normalized spacial score (nSPS) is 11.7. The Kier molecular flexibility index (Phi) is 5.75. The van der Waals surface area contributed by atoms with Crippen molar-refractivity contribution in [1.29, 1.82) is 0 Å². The van der Waals surface area contributed by atoms with Gasteiger partial charge in [0.1, 0.15) is 18.3 Å². The molecule has 8 heteroatoms. The van der Waals surface area contributed by atoms with Crippen molar-refractivity contribution < 1.29 is 14.9 Å². The summed E-state index contributed by atoms with van der Waals surface area (Å²) in [4.78, 5) is 4.16. The van der Waals surface area contributed by atoms with Gasteiger partial charge in [-0.15, -0.1) is 0 Å². The molecule has 0 radical (unpaired) electrons. The van der Waals surface area contributed by atoms with E-state index in [1.807, 2.05) is 6.20 Å². The van der Waals surface area contributed by atoms with Crippen LogP contribution in [0.4, 0.5) is 11.6 Å². The Bertz CT molecular complexity index is 640. The van der Waals surface area contributed by atoms with Crippen molar-refractivity contribution in [3.05, 3.63) is 30.1 Å². The first-order valence-corrected chi connectivity index (χ1v) is 11.3. The fourth-order valence-corrected chi connectivity index (χ4v) is 2.64. The molecule has 0 bridgehead atoms. The topological polar surface area (TPSA) is 92.4 Å². The van der Waals surface area contributed by atoms with Gasteiger partial charge in [0.15, 0.2) is 5.82 Å². The van der Waals surface area contributed by atoms with Gasteiger partial charge in [0.05, 0.1) is 12.3 Å². The quantitative estimate of drug-likeness (QED) is 0.507. The van der Waals surface area contributed by atoms with Crippen LogP contribution in [0.1, 0.15) is 5.69 Å². The second-order valence-corrected chi connectivity index (χ2v) is 12.2. The fraction of sp³-hybridized carbons (Fsp3) is 0.467. The average Bonchev–Trinajstić information content (AvgIpc) is 2.89. The van der Waals surface area contributed by atoms with Gasteiger partial charge in [0.2, 0.25) is 0 Å². The van der Waals surface area contributed by atoms with Crippen molar-refractivity contribution >= 4 is 19.7 Å². The number of aromatic hydroxyl groups is 1. The first-order chi connectivity index (χ1) is 10.9. The van der Waals surface area contributed by atoms with Crippen LogP contribution in [-0.4, -0.2) is 39.7 Å². The smallest absolute Gasteiger partial charge is 0.153 e. The van der Waals surface area contributed by atoms with Crippen LogP contribution in [0.3, 0.4) is 0 Å². The van der Waals surface area contributed by atoms with Crippen molar-refractivity contribution in [2.24, 2.45) is 0 Å². The lowest BCUT2D eigenvalue weighted by Gasteiger charge is -2.15. The average molecular weight is 336 g/mol. The standard InChI is InChI=1S/C15H24N4O3Si/c1-23(2,3)7-6-22-11-19-5-4-14(18-19)17-15-9-13(21)8-12(10-20)16-15/h4-5,8-9,20H,6-7,10-11H2,1-3H3,(H2,16,17,18,21). The molecule has 0 amide bonds. The van der Waals surface area contributed by atoms with Crippen LogP contribution >= 0.6 is 0 Å². The van der Waals surface area contributed by atoms with Gasteiger partial charge in [0.25, 0.3) is 0 Å². The fourth-order valence-electron chi connectivity index (χ4n) is 1.88. The molecule has 0 saturated heterocycles. The van der Waals surface area contributed by atoms with E-state index in [1.165, 1.54) is 12.1 Å². The molecule has 0 aliphatic heterocycles. The van der Waals surface area contributed by atoms with Crippen LogP contribution in [0, 0.1) is 0 Å². The third-order valence-electron chi connectivity index (χ3n) is 3.14. The number of aliphatic hydroxyl groups is 1. The highest BCUT2D eigenvalue weighted by Gasteiger charge is 2.12. The summed E-state index contributed by atoms with van der Waals surface area (Å²) < 4.78 is 7.33. The Labute approximate surface area is 137 Å². The van der Waals surface area contributed by atoms with Crippen molar-refractivity contribution in [2.45, 2.75) is 39.0 Å². The largest absolute Gasteiger partial charge is 0.508 e. The van der Waals surface area contributed by atoms with Crippen LogP contribution in [0.25, 0.3) is 0 Å². The molecule has 0 fully saturated rings. The Hall–Kier alpha value is -1.90. The predicted octanol–water partition coefficient (Wildman–Crippen LogP) is 2.53. The van der Waals surface area contributed by atoms with E-state index in [4.69, 9.17) is 9.84 Å². The number of nitrogens with one attached hydrogen (secondary N) is 1. The monoisotopic (exact) mass is 336 g/mol. The molecular formula is C15H24N4O3Si. The lowest BCUT2D eigenvalue weighted by atomic mass is 10.3. The highest BCUT2D eigenvalue weighted by Crippen LogP contribution is 2.19. The number of aromatic nitrogens is 3. The second-order valence-electron chi connectivity index (χ2n) is 6.57. The van der Waals surface area contributed by atoms with Crippen LogP contribution in [0.2, 0.25) is 25.7 Å². The number of ether oxygens (including phenoxy) is 1. The number of hydrogen-bond acceptors (Lipinski definition) is 6. The van der Waals surface area contributed by atoms with E-state index in [0.29, 0.717) is 24.1 Å². The molecule has 7 nitrogen and oxygen atoms in total. The molecule has 0 aromatic carbocycles. The molecule has 0 saturated carbocycles. The van der Waals surface area contributed by atoms with Crippen LogP contribution < -0.4 is 5.32 Å². The van der Waals surface area contributed by atoms with E-state index in [-0.39, 0.29) is 12.4 Å². The minimum atomic E-state index is -1.08. The Morgan fingerprint density at radius 1 is 1.26 bits per heavy atom. The van der Waals surface area contributed by atoms with E-state index in [0.717, 1.165) is 12.7 Å². The first-order valence-electron chi connectivity index (χ1n) is 7.55. The van der Waals surface area contributed by atoms with Crippen LogP contribution in [0.5, 0.6) is 5.75 Å². The summed E-state index contributed by atoms with van der Waals surface area (Å²) in [5, 5.41) is 26.0. The number of nitrogens with zero attached hydrogens (tertiary/aromatic N) is 3.